The number of carbonyl (C=O) groups is 2. The smallest absolute Gasteiger partial charge is 0.264 e. The molecule has 46 heavy (non-hydrogen) atoms. The lowest BCUT2D eigenvalue weighted by Gasteiger charge is -2.34. The highest BCUT2D eigenvalue weighted by Gasteiger charge is 2.35. The highest BCUT2D eigenvalue weighted by Crippen LogP contribution is 2.27. The molecule has 0 radical (unpaired) electrons. The molecule has 1 N–H and O–H groups in total. The fourth-order valence-corrected chi connectivity index (χ4v) is 6.87. The molecule has 4 aromatic rings. The number of nitrogens with zero attached hydrogens (tertiary/aromatic N) is 2. The average molecular weight is 707 g/mol. The Balaban J connectivity index is 1.80. The Labute approximate surface area is 280 Å². The van der Waals surface area contributed by atoms with E-state index >= 15 is 0 Å². The maximum absolute atomic E-state index is 14.5. The molecular formula is C36H40BrN3O5S. The van der Waals surface area contributed by atoms with Crippen LogP contribution in [-0.2, 0) is 32.6 Å². The van der Waals surface area contributed by atoms with E-state index < -0.39 is 28.5 Å². The van der Waals surface area contributed by atoms with Gasteiger partial charge in [0.15, 0.2) is 0 Å². The van der Waals surface area contributed by atoms with Gasteiger partial charge >= 0.3 is 0 Å². The van der Waals surface area contributed by atoms with Crippen LogP contribution in [-0.4, -0.2) is 50.4 Å². The van der Waals surface area contributed by atoms with E-state index in [1.165, 1.54) is 17.0 Å². The van der Waals surface area contributed by atoms with Crippen LogP contribution in [0.1, 0.15) is 37.5 Å². The van der Waals surface area contributed by atoms with Gasteiger partial charge in [0.05, 0.1) is 17.2 Å². The van der Waals surface area contributed by atoms with Crippen molar-refractivity contribution in [1.82, 2.24) is 10.2 Å². The minimum Gasteiger partial charge on any atom is -0.494 e. The van der Waals surface area contributed by atoms with Crippen molar-refractivity contribution in [3.63, 3.8) is 0 Å². The van der Waals surface area contributed by atoms with Crippen LogP contribution in [0, 0.1) is 6.92 Å². The molecule has 0 aromatic heterocycles. The Morgan fingerprint density at radius 3 is 2.13 bits per heavy atom. The molecule has 0 spiro atoms. The van der Waals surface area contributed by atoms with E-state index in [-0.39, 0.29) is 29.8 Å². The van der Waals surface area contributed by atoms with Crippen molar-refractivity contribution in [3.05, 3.63) is 124 Å². The number of rotatable bonds is 14. The number of ether oxygens (including phenoxy) is 1. The number of hydrogen-bond donors (Lipinski definition) is 1. The number of benzene rings is 4. The second-order valence-electron chi connectivity index (χ2n) is 11.3. The number of carbonyl (C=O) groups excluding carboxylic acids is 2. The molecule has 0 aliphatic rings. The van der Waals surface area contributed by atoms with E-state index in [1.807, 2.05) is 82.3 Å². The second kappa shape index (κ2) is 15.9. The third-order valence-electron chi connectivity index (χ3n) is 7.27. The van der Waals surface area contributed by atoms with Crippen LogP contribution in [0.3, 0.4) is 0 Å². The van der Waals surface area contributed by atoms with Gasteiger partial charge < -0.3 is 15.0 Å². The van der Waals surface area contributed by atoms with Crippen molar-refractivity contribution in [2.45, 2.75) is 57.6 Å². The average Bonchev–Trinajstić information content (AvgIpc) is 3.02. The molecule has 8 nitrogen and oxygen atoms in total. The highest BCUT2D eigenvalue weighted by atomic mass is 79.9. The summed E-state index contributed by atoms with van der Waals surface area (Å²) in [4.78, 5) is 29.9. The van der Waals surface area contributed by atoms with Crippen LogP contribution in [0.2, 0.25) is 0 Å². The number of sulfonamides is 1. The van der Waals surface area contributed by atoms with Gasteiger partial charge in [-0.1, -0.05) is 76.1 Å². The molecule has 4 rings (SSSR count). The summed E-state index contributed by atoms with van der Waals surface area (Å²) in [5.74, 6) is -0.268. The van der Waals surface area contributed by atoms with Crippen molar-refractivity contribution in [2.24, 2.45) is 0 Å². The number of nitrogens with one attached hydrogen (secondary N) is 1. The topological polar surface area (TPSA) is 96.0 Å². The van der Waals surface area contributed by atoms with E-state index in [0.717, 1.165) is 25.5 Å². The zero-order chi connectivity index (χ0) is 33.3. The van der Waals surface area contributed by atoms with Crippen molar-refractivity contribution in [2.75, 3.05) is 17.5 Å². The minimum atomic E-state index is -4.19. The maximum Gasteiger partial charge on any atom is 0.264 e. The fourth-order valence-electron chi connectivity index (χ4n) is 5.01. The van der Waals surface area contributed by atoms with E-state index in [2.05, 4.69) is 21.2 Å². The molecule has 0 aliphatic heterocycles. The molecule has 0 saturated heterocycles. The van der Waals surface area contributed by atoms with Crippen molar-refractivity contribution in [3.8, 4) is 5.75 Å². The lowest BCUT2D eigenvalue weighted by atomic mass is 10.0. The molecule has 2 amide bonds. The predicted octanol–water partition coefficient (Wildman–Crippen LogP) is 6.52. The van der Waals surface area contributed by atoms with Gasteiger partial charge in [0.25, 0.3) is 10.0 Å². The lowest BCUT2D eigenvalue weighted by Crippen LogP contribution is -2.54. The summed E-state index contributed by atoms with van der Waals surface area (Å²) < 4.78 is 35.9. The second-order valence-corrected chi connectivity index (χ2v) is 14.1. The Hall–Kier alpha value is -4.15. The minimum absolute atomic E-state index is 0.0525. The molecule has 1 atom stereocenters. The van der Waals surface area contributed by atoms with Gasteiger partial charge in [0, 0.05) is 23.5 Å². The SMILES string of the molecule is CCOc1ccc(N(CC(=O)N(Cc2cccc(Br)c2)[C@H](Cc2ccccc2)C(=O)NC(C)C)S(=O)(=O)c2ccc(C)cc2)cc1. The van der Waals surface area contributed by atoms with Crippen LogP contribution >= 0.6 is 15.9 Å². The van der Waals surface area contributed by atoms with Gasteiger partial charge in [-0.05, 0) is 87.4 Å². The van der Waals surface area contributed by atoms with Crippen molar-refractivity contribution < 1.29 is 22.7 Å². The number of aryl methyl sites for hydroxylation is 1. The zero-order valence-electron chi connectivity index (χ0n) is 26.5. The summed E-state index contributed by atoms with van der Waals surface area (Å²) in [5, 5.41) is 2.97. The van der Waals surface area contributed by atoms with E-state index in [0.29, 0.717) is 18.0 Å². The summed E-state index contributed by atoms with van der Waals surface area (Å²) in [5.41, 5.74) is 2.86. The zero-order valence-corrected chi connectivity index (χ0v) is 28.9. The summed E-state index contributed by atoms with van der Waals surface area (Å²) in [6.45, 7) is 7.47. The van der Waals surface area contributed by atoms with Crippen molar-refractivity contribution >= 4 is 43.5 Å². The van der Waals surface area contributed by atoms with Crippen LogP contribution in [0.5, 0.6) is 5.75 Å². The maximum atomic E-state index is 14.5. The number of hydrogen-bond acceptors (Lipinski definition) is 5. The first-order valence-corrected chi connectivity index (χ1v) is 17.4. The van der Waals surface area contributed by atoms with Crippen molar-refractivity contribution in [1.29, 1.82) is 0 Å². The first kappa shape index (κ1) is 34.7. The Kier molecular flexibility index (Phi) is 12.0. The van der Waals surface area contributed by atoms with Gasteiger partial charge in [0.2, 0.25) is 11.8 Å². The molecule has 4 aromatic carbocycles. The molecule has 0 heterocycles. The first-order chi connectivity index (χ1) is 22.0. The Bertz CT molecular complexity index is 1710. The lowest BCUT2D eigenvalue weighted by molar-refractivity contribution is -0.140. The fraction of sp³-hybridized carbons (Fsp3) is 0.278. The third kappa shape index (κ3) is 9.20. The molecule has 0 unspecified atom stereocenters. The monoisotopic (exact) mass is 705 g/mol. The molecule has 0 bridgehead atoms. The molecular weight excluding hydrogens is 666 g/mol. The Morgan fingerprint density at radius 2 is 1.52 bits per heavy atom. The van der Waals surface area contributed by atoms with E-state index in [9.17, 15) is 18.0 Å². The van der Waals surface area contributed by atoms with Gasteiger partial charge in [-0.25, -0.2) is 8.42 Å². The highest BCUT2D eigenvalue weighted by molar-refractivity contribution is 9.10. The molecule has 242 valence electrons. The summed E-state index contributed by atoms with van der Waals surface area (Å²) in [7, 11) is -4.19. The van der Waals surface area contributed by atoms with Gasteiger partial charge in [-0.2, -0.15) is 0 Å². The van der Waals surface area contributed by atoms with Gasteiger partial charge in [-0.3, -0.25) is 13.9 Å². The van der Waals surface area contributed by atoms with E-state index in [4.69, 9.17) is 4.74 Å². The molecule has 0 aliphatic carbocycles. The molecule has 10 heteroatoms. The van der Waals surface area contributed by atoms with Crippen LogP contribution in [0.15, 0.2) is 112 Å². The van der Waals surface area contributed by atoms with Crippen LogP contribution in [0.25, 0.3) is 0 Å². The summed E-state index contributed by atoms with van der Waals surface area (Å²) in [6.07, 6.45) is 0.243. The molecule has 0 saturated carbocycles. The Morgan fingerprint density at radius 1 is 0.870 bits per heavy atom. The first-order valence-electron chi connectivity index (χ1n) is 15.2. The predicted molar refractivity (Wildman–Crippen MR) is 185 cm³/mol. The summed E-state index contributed by atoms with van der Waals surface area (Å²) in [6, 6.07) is 29.0. The van der Waals surface area contributed by atoms with Crippen LogP contribution < -0.4 is 14.4 Å². The normalized spacial score (nSPS) is 12.0. The largest absolute Gasteiger partial charge is 0.494 e. The third-order valence-corrected chi connectivity index (χ3v) is 9.55. The number of amides is 2. The van der Waals surface area contributed by atoms with E-state index in [1.54, 1.807) is 36.4 Å². The van der Waals surface area contributed by atoms with Crippen LogP contribution in [0.4, 0.5) is 5.69 Å². The quantitative estimate of drug-likeness (QED) is 0.161. The van der Waals surface area contributed by atoms with Gasteiger partial charge in [-0.15, -0.1) is 0 Å². The number of anilines is 1. The number of halogens is 1. The summed E-state index contributed by atoms with van der Waals surface area (Å²) >= 11 is 3.51. The molecule has 0 fully saturated rings. The standard InChI is InChI=1S/C36H40BrN3O5S/c1-5-45-32-18-16-31(17-19-32)40(46(43,44)33-20-14-27(4)15-21-33)25-35(41)39(24-29-12-9-13-30(37)22-29)34(36(42)38-26(2)3)23-28-10-7-6-8-11-28/h6-22,26,34H,5,23-25H2,1-4H3,(H,38,42)/t34-/m1/s1. The van der Waals surface area contributed by atoms with Gasteiger partial charge in [0.1, 0.15) is 18.3 Å².